The molecule has 6 rings (SSSR count). The van der Waals surface area contributed by atoms with Crippen LogP contribution in [0.4, 0.5) is 0 Å². The van der Waals surface area contributed by atoms with Crippen LogP contribution in [-0.4, -0.2) is 0 Å². The monoisotopic (exact) mass is 410 g/mol. The van der Waals surface area contributed by atoms with Crippen molar-refractivity contribution in [3.05, 3.63) is 70.9 Å². The molecule has 0 unspecified atom stereocenters. The second-order valence-corrected chi connectivity index (χ2v) is 10.2. The Labute approximate surface area is 178 Å². The molecule has 0 aliphatic carbocycles. The van der Waals surface area contributed by atoms with Crippen LogP contribution in [0.2, 0.25) is 0 Å². The van der Waals surface area contributed by atoms with Crippen molar-refractivity contribution in [1.29, 1.82) is 0 Å². The third kappa shape index (κ3) is 2.86. The maximum atomic E-state index is 2.43. The summed E-state index contributed by atoms with van der Waals surface area (Å²) in [5.41, 5.74) is 0. The fraction of sp³-hybridized carbons (Fsp3) is 0.185. The Hall–Kier alpha value is -2.42. The number of hydrogen-bond donors (Lipinski definition) is 0. The first-order valence-electron chi connectivity index (χ1n) is 10.5. The van der Waals surface area contributed by atoms with Gasteiger partial charge in [-0.3, -0.25) is 0 Å². The number of benzene rings is 4. The Morgan fingerprint density at radius 2 is 1.34 bits per heavy atom. The second-order valence-electron chi connectivity index (χ2n) is 8.04. The summed E-state index contributed by atoms with van der Waals surface area (Å²) >= 11 is 3.81. The number of rotatable bonds is 4. The van der Waals surface area contributed by atoms with Gasteiger partial charge in [0.15, 0.2) is 0 Å². The zero-order valence-corrected chi connectivity index (χ0v) is 18.1. The van der Waals surface area contributed by atoms with Crippen molar-refractivity contribution in [2.24, 2.45) is 0 Å². The van der Waals surface area contributed by atoms with E-state index in [9.17, 15) is 0 Å². The topological polar surface area (TPSA) is 0 Å². The molecule has 142 valence electrons. The minimum Gasteiger partial charge on any atom is -0.144 e. The molecule has 4 aromatic carbocycles. The quantitative estimate of drug-likeness (QED) is 0.201. The summed E-state index contributed by atoms with van der Waals surface area (Å²) in [6.45, 7) is 2.27. The number of hydrogen-bond acceptors (Lipinski definition) is 2. The normalized spacial score (nSPS) is 12.2. The molecule has 2 heterocycles. The highest BCUT2D eigenvalue weighted by atomic mass is 32.1. The van der Waals surface area contributed by atoms with Crippen LogP contribution >= 0.6 is 22.7 Å². The summed E-state index contributed by atoms with van der Waals surface area (Å²) in [5.74, 6) is 0. The summed E-state index contributed by atoms with van der Waals surface area (Å²) in [6, 6.07) is 23.4. The molecule has 29 heavy (non-hydrogen) atoms. The van der Waals surface area contributed by atoms with Gasteiger partial charge in [0.1, 0.15) is 0 Å². The Morgan fingerprint density at radius 3 is 2.10 bits per heavy atom. The van der Waals surface area contributed by atoms with Gasteiger partial charge in [0, 0.05) is 14.3 Å². The number of thiophene rings is 2. The van der Waals surface area contributed by atoms with Gasteiger partial charge in [-0.1, -0.05) is 44.0 Å². The Morgan fingerprint density at radius 1 is 0.621 bits per heavy atom. The number of unbranched alkanes of at least 4 members (excludes halogenated alkanes) is 2. The lowest BCUT2D eigenvalue weighted by Gasteiger charge is -2.08. The summed E-state index contributed by atoms with van der Waals surface area (Å²) in [4.78, 5) is 1.53. The van der Waals surface area contributed by atoms with Crippen LogP contribution in [0, 0.1) is 0 Å². The van der Waals surface area contributed by atoms with Crippen molar-refractivity contribution in [3.8, 4) is 0 Å². The van der Waals surface area contributed by atoms with E-state index in [4.69, 9.17) is 0 Å². The molecule has 6 aromatic rings. The predicted molar refractivity (Wildman–Crippen MR) is 133 cm³/mol. The van der Waals surface area contributed by atoms with Gasteiger partial charge in [-0.05, 0) is 97.7 Å². The van der Waals surface area contributed by atoms with E-state index in [0.717, 1.165) is 0 Å². The molecular weight excluding hydrogens is 388 g/mol. The first-order chi connectivity index (χ1) is 14.3. The highest BCUT2D eigenvalue weighted by molar-refractivity contribution is 7.19. The molecule has 0 spiro atoms. The molecule has 0 fully saturated rings. The lowest BCUT2D eigenvalue weighted by atomic mass is 9.96. The van der Waals surface area contributed by atoms with Crippen LogP contribution in [-0.2, 0) is 6.42 Å². The minimum absolute atomic E-state index is 1.21. The van der Waals surface area contributed by atoms with Crippen molar-refractivity contribution in [3.63, 3.8) is 0 Å². The molecule has 0 saturated heterocycles. The van der Waals surface area contributed by atoms with Gasteiger partial charge in [-0.15, -0.1) is 22.7 Å². The van der Waals surface area contributed by atoms with E-state index in [-0.39, 0.29) is 0 Å². The van der Waals surface area contributed by atoms with E-state index < -0.39 is 0 Å². The van der Waals surface area contributed by atoms with Crippen LogP contribution in [0.5, 0.6) is 0 Å². The molecule has 2 aromatic heterocycles. The first-order valence-corrected chi connectivity index (χ1v) is 12.2. The van der Waals surface area contributed by atoms with E-state index in [1.807, 2.05) is 22.7 Å². The van der Waals surface area contributed by atoms with Gasteiger partial charge in [0.2, 0.25) is 0 Å². The van der Waals surface area contributed by atoms with Crippen molar-refractivity contribution in [2.75, 3.05) is 0 Å². The molecule has 0 aliphatic heterocycles. The maximum Gasteiger partial charge on any atom is 0.0352 e. The minimum atomic E-state index is 1.21. The van der Waals surface area contributed by atoms with Crippen LogP contribution in [0.15, 0.2) is 66.0 Å². The van der Waals surface area contributed by atoms with E-state index in [1.165, 1.54) is 83.1 Å². The fourth-order valence-electron chi connectivity index (χ4n) is 4.60. The van der Waals surface area contributed by atoms with Crippen LogP contribution in [0.3, 0.4) is 0 Å². The van der Waals surface area contributed by atoms with Crippen molar-refractivity contribution in [2.45, 2.75) is 32.6 Å². The Bertz CT molecular complexity index is 1510. The van der Waals surface area contributed by atoms with Crippen molar-refractivity contribution < 1.29 is 0 Å². The first kappa shape index (κ1) is 17.4. The zero-order valence-electron chi connectivity index (χ0n) is 16.5. The molecule has 2 heteroatoms. The average Bonchev–Trinajstić information content (AvgIpc) is 3.35. The molecule has 0 nitrogen and oxygen atoms in total. The predicted octanol–water partition coefficient (Wildman–Crippen LogP) is 9.31. The van der Waals surface area contributed by atoms with E-state index in [1.54, 1.807) is 0 Å². The molecule has 0 saturated carbocycles. The van der Waals surface area contributed by atoms with Gasteiger partial charge in [0.05, 0.1) is 0 Å². The SMILES string of the molecule is CCCCCc1cc2cc3ccc4c5cc6sccc6cc5ccc4c3cc2s1. The summed E-state index contributed by atoms with van der Waals surface area (Å²) in [7, 11) is 0. The largest absolute Gasteiger partial charge is 0.144 e. The van der Waals surface area contributed by atoms with Crippen molar-refractivity contribution in [1.82, 2.24) is 0 Å². The molecule has 0 N–H and O–H groups in total. The van der Waals surface area contributed by atoms with Crippen LogP contribution < -0.4 is 0 Å². The summed E-state index contributed by atoms with van der Waals surface area (Å²) in [6.07, 6.45) is 5.12. The Kier molecular flexibility index (Phi) is 4.11. The lowest BCUT2D eigenvalue weighted by Crippen LogP contribution is -1.81. The lowest BCUT2D eigenvalue weighted by molar-refractivity contribution is 0.723. The van der Waals surface area contributed by atoms with Crippen molar-refractivity contribution >= 4 is 75.2 Å². The van der Waals surface area contributed by atoms with E-state index in [2.05, 4.69) is 73.0 Å². The van der Waals surface area contributed by atoms with Crippen LogP contribution in [0.1, 0.15) is 31.1 Å². The van der Waals surface area contributed by atoms with E-state index >= 15 is 0 Å². The summed E-state index contributed by atoms with van der Waals surface area (Å²) < 4.78 is 2.79. The fourth-order valence-corrected chi connectivity index (χ4v) is 6.53. The Balaban J connectivity index is 1.58. The molecular formula is C27H22S2. The second kappa shape index (κ2) is 6.83. The highest BCUT2D eigenvalue weighted by Crippen LogP contribution is 2.37. The van der Waals surface area contributed by atoms with Gasteiger partial charge >= 0.3 is 0 Å². The van der Waals surface area contributed by atoms with Gasteiger partial charge in [0.25, 0.3) is 0 Å². The number of aryl methyl sites for hydroxylation is 1. The zero-order chi connectivity index (χ0) is 19.4. The summed E-state index contributed by atoms with van der Waals surface area (Å²) in [5, 5.41) is 13.1. The van der Waals surface area contributed by atoms with Gasteiger partial charge < -0.3 is 0 Å². The maximum absolute atomic E-state index is 2.43. The number of fused-ring (bicyclic) bond motifs is 7. The van der Waals surface area contributed by atoms with Gasteiger partial charge in [-0.2, -0.15) is 0 Å². The molecule has 0 aliphatic rings. The third-order valence-electron chi connectivity index (χ3n) is 6.12. The molecule has 0 bridgehead atoms. The third-order valence-corrected chi connectivity index (χ3v) is 8.16. The smallest absolute Gasteiger partial charge is 0.0352 e. The standard InChI is InChI=1S/C27H22S2/c1-2-3-4-5-21-14-20-13-18-7-9-22-23(25(18)16-27(20)29-21)8-6-17-12-19-10-11-28-26(19)15-24(17)22/h6-16H,2-5H2,1H3. The van der Waals surface area contributed by atoms with E-state index in [0.29, 0.717) is 0 Å². The van der Waals surface area contributed by atoms with Crippen LogP contribution in [0.25, 0.3) is 52.5 Å². The highest BCUT2D eigenvalue weighted by Gasteiger charge is 2.09. The average molecular weight is 411 g/mol. The molecule has 0 radical (unpaired) electrons. The molecule has 0 amide bonds. The van der Waals surface area contributed by atoms with Gasteiger partial charge in [-0.25, -0.2) is 0 Å². The molecule has 0 atom stereocenters.